The van der Waals surface area contributed by atoms with Gasteiger partial charge in [0.2, 0.25) is 0 Å². The summed E-state index contributed by atoms with van der Waals surface area (Å²) >= 11 is 0. The van der Waals surface area contributed by atoms with Crippen LogP contribution in [0.1, 0.15) is 6.92 Å². The first kappa shape index (κ1) is 6.01. The van der Waals surface area contributed by atoms with E-state index in [1.807, 2.05) is 14.0 Å². The summed E-state index contributed by atoms with van der Waals surface area (Å²) in [6.45, 7) is 2.04. The van der Waals surface area contributed by atoms with Crippen molar-refractivity contribution in [3.05, 3.63) is 0 Å². The van der Waals surface area contributed by atoms with Gasteiger partial charge in [0.25, 0.3) is 0 Å². The Labute approximate surface area is 49.4 Å². The van der Waals surface area contributed by atoms with Gasteiger partial charge in [0.15, 0.2) is 0 Å². The maximum Gasteiger partial charge on any atom is 0.0840 e. The van der Waals surface area contributed by atoms with E-state index in [-0.39, 0.29) is 0 Å². The molecule has 0 heterocycles. The maximum absolute atomic E-state index is 5.58. The van der Waals surface area contributed by atoms with Crippen LogP contribution in [0.15, 0.2) is 0 Å². The van der Waals surface area contributed by atoms with E-state index in [1.165, 1.54) is 0 Å². The average molecular weight is 115 g/mol. The second kappa shape index (κ2) is 1.43. The van der Waals surface area contributed by atoms with Crippen LogP contribution in [0.2, 0.25) is 0 Å². The zero-order chi connectivity index (χ0) is 6.36. The van der Waals surface area contributed by atoms with Gasteiger partial charge in [-0.3, -0.25) is 0 Å². The maximum atomic E-state index is 5.58. The van der Waals surface area contributed by atoms with E-state index < -0.39 is 5.66 Å². The molecule has 1 fully saturated rings. The van der Waals surface area contributed by atoms with Crippen LogP contribution in [0.3, 0.4) is 0 Å². The Morgan fingerprint density at radius 1 is 1.50 bits per heavy atom. The number of likely N-dealkylation sites (N-methyl/N-ethyl adjacent to an activating group) is 1. The van der Waals surface area contributed by atoms with Crippen molar-refractivity contribution >= 4 is 0 Å². The lowest BCUT2D eigenvalue weighted by Gasteiger charge is -1.99. The molecule has 48 valence electrons. The van der Waals surface area contributed by atoms with Crippen LogP contribution in [0, 0.1) is 5.92 Å². The molecule has 0 saturated heterocycles. The summed E-state index contributed by atoms with van der Waals surface area (Å²) in [5.41, 5.74) is 10.7. The minimum Gasteiger partial charge on any atom is -0.314 e. The van der Waals surface area contributed by atoms with Crippen LogP contribution in [0.25, 0.3) is 0 Å². The molecule has 8 heavy (non-hydrogen) atoms. The normalized spacial score (nSPS) is 42.0. The summed E-state index contributed by atoms with van der Waals surface area (Å²) in [5, 5.41) is 3.03. The van der Waals surface area contributed by atoms with Crippen LogP contribution >= 0.6 is 0 Å². The number of hydrogen-bond acceptors (Lipinski definition) is 3. The molecule has 0 bridgehead atoms. The highest BCUT2D eigenvalue weighted by molar-refractivity contribution is 5.14. The van der Waals surface area contributed by atoms with E-state index in [4.69, 9.17) is 11.5 Å². The molecule has 1 aliphatic carbocycles. The highest BCUT2D eigenvalue weighted by Crippen LogP contribution is 2.35. The van der Waals surface area contributed by atoms with E-state index in [0.717, 1.165) is 0 Å². The van der Waals surface area contributed by atoms with Gasteiger partial charge < -0.3 is 16.8 Å². The molecule has 0 aromatic heterocycles. The molecule has 1 saturated carbocycles. The predicted molar refractivity (Wildman–Crippen MR) is 33.1 cm³/mol. The highest BCUT2D eigenvalue weighted by Gasteiger charge is 2.55. The van der Waals surface area contributed by atoms with Gasteiger partial charge in [-0.15, -0.1) is 0 Å². The smallest absolute Gasteiger partial charge is 0.0840 e. The van der Waals surface area contributed by atoms with Gasteiger partial charge in [0.1, 0.15) is 0 Å². The topological polar surface area (TPSA) is 64.1 Å². The largest absolute Gasteiger partial charge is 0.314 e. The highest BCUT2D eigenvalue weighted by atomic mass is 15.2. The molecule has 2 unspecified atom stereocenters. The molecule has 3 nitrogen and oxygen atoms in total. The Morgan fingerprint density at radius 2 is 1.88 bits per heavy atom. The fourth-order valence-electron chi connectivity index (χ4n) is 1.11. The van der Waals surface area contributed by atoms with Crippen molar-refractivity contribution in [1.82, 2.24) is 5.32 Å². The standard InChI is InChI=1S/C5H13N3/c1-3-4(8-2)5(3,6)7/h3-4,8H,6-7H2,1-2H3. The number of rotatable bonds is 1. The Morgan fingerprint density at radius 3 is 1.88 bits per heavy atom. The van der Waals surface area contributed by atoms with Crippen molar-refractivity contribution in [3.63, 3.8) is 0 Å². The Balaban J connectivity index is 2.45. The van der Waals surface area contributed by atoms with Crippen molar-refractivity contribution in [1.29, 1.82) is 0 Å². The number of hydrogen-bond donors (Lipinski definition) is 3. The molecular weight excluding hydrogens is 102 g/mol. The molecule has 0 amide bonds. The number of nitrogens with two attached hydrogens (primary N) is 2. The molecule has 0 aliphatic heterocycles. The fraction of sp³-hybridized carbons (Fsp3) is 1.00. The van der Waals surface area contributed by atoms with Gasteiger partial charge >= 0.3 is 0 Å². The fourth-order valence-corrected chi connectivity index (χ4v) is 1.11. The quantitative estimate of drug-likeness (QED) is 0.378. The second-order valence-corrected chi connectivity index (χ2v) is 2.56. The van der Waals surface area contributed by atoms with Crippen LogP contribution in [0.5, 0.6) is 0 Å². The SMILES string of the molecule is CNC1C(C)C1(N)N. The Bertz CT molecular complexity index is 99.8. The lowest BCUT2D eigenvalue weighted by Crippen LogP contribution is -2.41. The third-order valence-corrected chi connectivity index (χ3v) is 2.03. The minimum atomic E-state index is -0.436. The van der Waals surface area contributed by atoms with E-state index in [9.17, 15) is 0 Å². The van der Waals surface area contributed by atoms with Crippen molar-refractivity contribution in [3.8, 4) is 0 Å². The summed E-state index contributed by atoms with van der Waals surface area (Å²) in [5.74, 6) is 0.424. The lowest BCUT2D eigenvalue weighted by molar-refractivity contribution is 0.619. The van der Waals surface area contributed by atoms with Gasteiger partial charge in [0.05, 0.1) is 5.66 Å². The van der Waals surface area contributed by atoms with Gasteiger partial charge in [-0.05, 0) is 7.05 Å². The van der Waals surface area contributed by atoms with Gasteiger partial charge in [-0.25, -0.2) is 0 Å². The van der Waals surface area contributed by atoms with Crippen LogP contribution in [-0.4, -0.2) is 18.8 Å². The minimum absolute atomic E-state index is 0.322. The summed E-state index contributed by atoms with van der Waals surface area (Å²) in [6.07, 6.45) is 0. The first-order valence-electron chi connectivity index (χ1n) is 2.85. The molecule has 0 aromatic carbocycles. The van der Waals surface area contributed by atoms with Crippen molar-refractivity contribution in [2.45, 2.75) is 18.6 Å². The average Bonchev–Trinajstić information content (AvgIpc) is 2.09. The summed E-state index contributed by atoms with van der Waals surface area (Å²) in [7, 11) is 1.88. The molecule has 0 aromatic rings. The van der Waals surface area contributed by atoms with E-state index in [2.05, 4.69) is 5.32 Å². The van der Waals surface area contributed by atoms with E-state index >= 15 is 0 Å². The summed E-state index contributed by atoms with van der Waals surface area (Å²) < 4.78 is 0. The third-order valence-electron chi connectivity index (χ3n) is 2.03. The van der Waals surface area contributed by atoms with Crippen LogP contribution in [0.4, 0.5) is 0 Å². The first-order valence-corrected chi connectivity index (χ1v) is 2.85. The number of nitrogens with one attached hydrogen (secondary N) is 1. The van der Waals surface area contributed by atoms with E-state index in [1.54, 1.807) is 0 Å². The van der Waals surface area contributed by atoms with Crippen molar-refractivity contribution < 1.29 is 0 Å². The van der Waals surface area contributed by atoms with Crippen LogP contribution < -0.4 is 16.8 Å². The van der Waals surface area contributed by atoms with Gasteiger partial charge in [0, 0.05) is 12.0 Å². The lowest BCUT2D eigenvalue weighted by atomic mass is 10.4. The molecule has 2 atom stereocenters. The molecule has 1 aliphatic rings. The van der Waals surface area contributed by atoms with E-state index in [0.29, 0.717) is 12.0 Å². The first-order chi connectivity index (χ1) is 3.60. The molecule has 0 radical (unpaired) electrons. The van der Waals surface area contributed by atoms with Gasteiger partial charge in [-0.2, -0.15) is 0 Å². The molecular formula is C5H13N3. The molecule has 3 heteroatoms. The monoisotopic (exact) mass is 115 g/mol. The zero-order valence-corrected chi connectivity index (χ0v) is 5.31. The Hall–Kier alpha value is -0.120. The zero-order valence-electron chi connectivity index (χ0n) is 5.31. The third kappa shape index (κ3) is 0.555. The second-order valence-electron chi connectivity index (χ2n) is 2.56. The summed E-state index contributed by atoms with van der Waals surface area (Å²) in [6, 6.07) is 0.322. The van der Waals surface area contributed by atoms with Gasteiger partial charge in [-0.1, -0.05) is 6.92 Å². The summed E-state index contributed by atoms with van der Waals surface area (Å²) in [4.78, 5) is 0. The van der Waals surface area contributed by atoms with Crippen LogP contribution in [-0.2, 0) is 0 Å². The predicted octanol–water partition coefficient (Wildman–Crippen LogP) is -1.16. The van der Waals surface area contributed by atoms with Crippen molar-refractivity contribution in [2.75, 3.05) is 7.05 Å². The Kier molecular flexibility index (Phi) is 1.08. The van der Waals surface area contributed by atoms with Crippen molar-refractivity contribution in [2.24, 2.45) is 17.4 Å². The molecule has 5 N–H and O–H groups in total. The molecule has 1 rings (SSSR count). The molecule has 0 spiro atoms.